The zero-order chi connectivity index (χ0) is 16.9. The van der Waals surface area contributed by atoms with Crippen LogP contribution in [-0.2, 0) is 9.53 Å². The molecule has 3 rings (SSSR count). The van der Waals surface area contributed by atoms with Gasteiger partial charge in [-0.3, -0.25) is 9.69 Å². The number of nitrogens with zero attached hydrogens (tertiary/aromatic N) is 3. The molecule has 0 bridgehead atoms. The maximum absolute atomic E-state index is 12.7. The lowest BCUT2D eigenvalue weighted by Crippen LogP contribution is -2.49. The highest BCUT2D eigenvalue weighted by atomic mass is 35.5. The molecule has 1 aromatic carbocycles. The highest BCUT2D eigenvalue weighted by molar-refractivity contribution is 6.30. The first-order chi connectivity index (χ1) is 11.7. The topological polar surface area (TPSA) is 99.0 Å². The maximum Gasteiger partial charge on any atom is 0.231 e. The predicted octanol–water partition coefficient (Wildman–Crippen LogP) is 1.15. The van der Waals surface area contributed by atoms with Gasteiger partial charge in [-0.1, -0.05) is 11.6 Å². The Morgan fingerprint density at radius 2 is 1.57 bits per heavy atom. The second-order valence-corrected chi connectivity index (χ2v) is 7.02. The third-order valence-electron chi connectivity index (χ3n) is 5.01. The van der Waals surface area contributed by atoms with Crippen LogP contribution in [0.2, 0.25) is 5.02 Å². The van der Waals surface area contributed by atoms with Crippen LogP contribution in [0.4, 0.5) is 5.69 Å². The van der Waals surface area contributed by atoms with Gasteiger partial charge >= 0.3 is 0 Å². The van der Waals surface area contributed by atoms with Crippen molar-refractivity contribution < 1.29 is 20.5 Å². The Kier molecular flexibility index (Phi) is 15.2. The molecule has 0 saturated carbocycles. The summed E-state index contributed by atoms with van der Waals surface area (Å²) in [7, 11) is 1.74. The van der Waals surface area contributed by atoms with E-state index in [0.717, 1.165) is 64.5 Å². The number of carbonyl (C=O) groups excluding carboxylic acids is 1. The van der Waals surface area contributed by atoms with E-state index >= 15 is 0 Å². The summed E-state index contributed by atoms with van der Waals surface area (Å²) in [5.41, 5.74) is 0.955. The van der Waals surface area contributed by atoms with Crippen molar-refractivity contribution in [2.45, 2.75) is 6.42 Å². The summed E-state index contributed by atoms with van der Waals surface area (Å²) in [5.74, 6) is 0.366. The number of benzene rings is 1. The van der Waals surface area contributed by atoms with Crippen LogP contribution in [0.5, 0.6) is 0 Å². The Labute approximate surface area is 184 Å². The maximum atomic E-state index is 12.7. The SMILES string of the molecule is COCCN1CCN(C[C@H]2CCN(c3ccc(Cl)cc3)C2=O)CC1.Cl.Cl.O.O. The van der Waals surface area contributed by atoms with Gasteiger partial charge in [0.1, 0.15) is 0 Å². The number of hydrogen-bond donors (Lipinski definition) is 0. The van der Waals surface area contributed by atoms with Gasteiger partial charge in [0.05, 0.1) is 12.5 Å². The second kappa shape index (κ2) is 14.4. The molecule has 28 heavy (non-hydrogen) atoms. The molecule has 2 heterocycles. The van der Waals surface area contributed by atoms with Crippen LogP contribution < -0.4 is 4.90 Å². The fraction of sp³-hybridized carbons (Fsp3) is 0.611. The Balaban J connectivity index is 0. The molecular formula is C18H32Cl3N3O4. The molecule has 2 aliphatic rings. The summed E-state index contributed by atoms with van der Waals surface area (Å²) in [4.78, 5) is 19.5. The number of amides is 1. The van der Waals surface area contributed by atoms with Crippen molar-refractivity contribution in [1.82, 2.24) is 9.80 Å². The van der Waals surface area contributed by atoms with Crippen LogP contribution in [-0.4, -0.2) is 86.2 Å². The van der Waals surface area contributed by atoms with Gasteiger partial charge < -0.3 is 25.5 Å². The van der Waals surface area contributed by atoms with E-state index in [-0.39, 0.29) is 47.6 Å². The van der Waals surface area contributed by atoms with Crippen LogP contribution in [0, 0.1) is 5.92 Å². The van der Waals surface area contributed by atoms with Crippen LogP contribution >= 0.6 is 36.4 Å². The van der Waals surface area contributed by atoms with E-state index < -0.39 is 0 Å². The lowest BCUT2D eigenvalue weighted by atomic mass is 10.1. The minimum absolute atomic E-state index is 0. The molecule has 1 amide bonds. The Morgan fingerprint density at radius 1 is 1.00 bits per heavy atom. The molecule has 0 radical (unpaired) electrons. The number of methoxy groups -OCH3 is 1. The molecule has 0 aliphatic carbocycles. The predicted molar refractivity (Wildman–Crippen MR) is 118 cm³/mol. The van der Waals surface area contributed by atoms with E-state index in [0.29, 0.717) is 5.02 Å². The summed E-state index contributed by atoms with van der Waals surface area (Å²) in [6.45, 7) is 7.66. The van der Waals surface area contributed by atoms with Crippen LogP contribution in [0.1, 0.15) is 6.42 Å². The summed E-state index contributed by atoms with van der Waals surface area (Å²) in [6.07, 6.45) is 0.936. The Bertz CT molecular complexity index is 558. The van der Waals surface area contributed by atoms with Crippen LogP contribution in [0.15, 0.2) is 24.3 Å². The molecule has 2 aliphatic heterocycles. The average Bonchev–Trinajstić information content (AvgIpc) is 2.96. The monoisotopic (exact) mass is 459 g/mol. The minimum Gasteiger partial charge on any atom is -0.412 e. The van der Waals surface area contributed by atoms with Crippen LogP contribution in [0.3, 0.4) is 0 Å². The van der Waals surface area contributed by atoms with Gasteiger partial charge in [0, 0.05) is 63.6 Å². The van der Waals surface area contributed by atoms with Crippen molar-refractivity contribution in [1.29, 1.82) is 0 Å². The van der Waals surface area contributed by atoms with Crippen molar-refractivity contribution in [3.05, 3.63) is 29.3 Å². The van der Waals surface area contributed by atoms with Crippen molar-refractivity contribution >= 4 is 48.0 Å². The lowest BCUT2D eigenvalue weighted by molar-refractivity contribution is -0.121. The highest BCUT2D eigenvalue weighted by Crippen LogP contribution is 2.27. The zero-order valence-electron chi connectivity index (χ0n) is 16.1. The van der Waals surface area contributed by atoms with E-state index in [1.165, 1.54) is 0 Å². The number of ether oxygens (including phenoxy) is 1. The van der Waals surface area contributed by atoms with Gasteiger partial charge in [-0.05, 0) is 30.7 Å². The first kappa shape index (κ1) is 29.6. The number of rotatable bonds is 6. The molecule has 2 fully saturated rings. The number of anilines is 1. The zero-order valence-corrected chi connectivity index (χ0v) is 18.5. The van der Waals surface area contributed by atoms with Crippen molar-refractivity contribution in [2.75, 3.05) is 64.4 Å². The smallest absolute Gasteiger partial charge is 0.231 e. The highest BCUT2D eigenvalue weighted by Gasteiger charge is 2.34. The normalized spacial score (nSPS) is 19.9. The van der Waals surface area contributed by atoms with E-state index in [4.69, 9.17) is 16.3 Å². The summed E-state index contributed by atoms with van der Waals surface area (Å²) in [5, 5.41) is 0.702. The average molecular weight is 461 g/mol. The first-order valence-electron chi connectivity index (χ1n) is 8.68. The fourth-order valence-electron chi connectivity index (χ4n) is 3.51. The quantitative estimate of drug-likeness (QED) is 0.636. The second-order valence-electron chi connectivity index (χ2n) is 6.59. The summed E-state index contributed by atoms with van der Waals surface area (Å²) < 4.78 is 5.14. The van der Waals surface area contributed by atoms with Gasteiger partial charge in [-0.25, -0.2) is 0 Å². The van der Waals surface area contributed by atoms with Crippen molar-refractivity contribution in [3.63, 3.8) is 0 Å². The third-order valence-corrected chi connectivity index (χ3v) is 5.26. The summed E-state index contributed by atoms with van der Waals surface area (Å²) in [6, 6.07) is 7.54. The molecule has 10 heteroatoms. The Morgan fingerprint density at radius 3 is 2.14 bits per heavy atom. The number of halogens is 3. The Hall–Kier alpha value is -0.640. The van der Waals surface area contributed by atoms with Crippen LogP contribution in [0.25, 0.3) is 0 Å². The number of hydrogen-bond acceptors (Lipinski definition) is 4. The fourth-order valence-corrected chi connectivity index (χ4v) is 3.64. The van der Waals surface area contributed by atoms with Gasteiger partial charge in [0.2, 0.25) is 5.91 Å². The molecule has 1 aromatic rings. The van der Waals surface area contributed by atoms with Gasteiger partial charge in [-0.15, -0.1) is 24.8 Å². The van der Waals surface area contributed by atoms with E-state index in [1.807, 2.05) is 29.2 Å². The largest absolute Gasteiger partial charge is 0.412 e. The molecule has 0 unspecified atom stereocenters. The molecule has 7 nitrogen and oxygen atoms in total. The molecule has 164 valence electrons. The van der Waals surface area contributed by atoms with Gasteiger partial charge in [-0.2, -0.15) is 0 Å². The third kappa shape index (κ3) is 7.65. The van der Waals surface area contributed by atoms with Gasteiger partial charge in [0.25, 0.3) is 0 Å². The molecule has 0 aromatic heterocycles. The molecule has 4 N–H and O–H groups in total. The lowest BCUT2D eigenvalue weighted by Gasteiger charge is -2.35. The molecular weight excluding hydrogens is 429 g/mol. The summed E-state index contributed by atoms with van der Waals surface area (Å²) >= 11 is 5.93. The molecule has 0 spiro atoms. The van der Waals surface area contributed by atoms with Crippen molar-refractivity contribution in [3.8, 4) is 0 Å². The van der Waals surface area contributed by atoms with E-state index in [2.05, 4.69) is 9.80 Å². The standard InChI is InChI=1S/C18H26ClN3O2.2ClH.2H2O/c1-24-13-12-20-8-10-21(11-9-20)14-15-6-7-22(18(15)23)17-4-2-16(19)3-5-17;;;;/h2-5,15H,6-14H2,1H3;2*1H;2*1H2/t15-;;;;/m1..../s1. The van der Waals surface area contributed by atoms with E-state index in [1.54, 1.807) is 7.11 Å². The molecule has 1 atom stereocenters. The number of carbonyl (C=O) groups is 1. The molecule has 2 saturated heterocycles. The number of piperazine rings is 1. The first-order valence-corrected chi connectivity index (χ1v) is 9.06. The minimum atomic E-state index is 0. The van der Waals surface area contributed by atoms with E-state index in [9.17, 15) is 4.79 Å². The van der Waals surface area contributed by atoms with Crippen molar-refractivity contribution in [2.24, 2.45) is 5.92 Å². The van der Waals surface area contributed by atoms with Gasteiger partial charge in [0.15, 0.2) is 0 Å².